The highest BCUT2D eigenvalue weighted by molar-refractivity contribution is 8.13. The van der Waals surface area contributed by atoms with E-state index in [2.05, 4.69) is 0 Å². The summed E-state index contributed by atoms with van der Waals surface area (Å²) >= 11 is 5.78. The topological polar surface area (TPSA) is 43.4 Å². The number of hydrogen-bond donors (Lipinski definition) is 0. The van der Waals surface area contributed by atoms with E-state index in [1.165, 1.54) is 13.2 Å². The van der Waals surface area contributed by atoms with Gasteiger partial charge in [0.1, 0.15) is 11.6 Å². The first-order valence-corrected chi connectivity index (χ1v) is 7.13. The number of benzene rings is 1. The Hall–Kier alpha value is -0.520. The molecule has 1 aromatic carbocycles. The van der Waals surface area contributed by atoms with Crippen LogP contribution in [0.25, 0.3) is 0 Å². The van der Waals surface area contributed by atoms with Crippen molar-refractivity contribution in [1.29, 1.82) is 0 Å². The Morgan fingerprint density at radius 1 is 1.44 bits per heavy atom. The summed E-state index contributed by atoms with van der Waals surface area (Å²) in [5.41, 5.74) is 0.117. The van der Waals surface area contributed by atoms with Crippen molar-refractivity contribution < 1.29 is 17.5 Å². The van der Waals surface area contributed by atoms with Crippen molar-refractivity contribution in [3.63, 3.8) is 0 Å². The molecule has 0 bridgehead atoms. The Morgan fingerprint density at radius 3 is 2.50 bits per heavy atom. The third-order valence-electron chi connectivity index (χ3n) is 1.95. The van der Waals surface area contributed by atoms with Crippen molar-refractivity contribution in [1.82, 2.24) is 0 Å². The molecule has 0 fully saturated rings. The summed E-state index contributed by atoms with van der Waals surface area (Å²) in [6, 6.07) is 2.56. The number of rotatable bonds is 4. The van der Waals surface area contributed by atoms with Crippen LogP contribution in [0, 0.1) is 5.82 Å². The fourth-order valence-electron chi connectivity index (χ4n) is 1.16. The summed E-state index contributed by atoms with van der Waals surface area (Å²) in [5.74, 6) is -0.693. The van der Waals surface area contributed by atoms with E-state index in [4.69, 9.17) is 27.0 Å². The molecule has 0 amide bonds. The summed E-state index contributed by atoms with van der Waals surface area (Å²) < 4.78 is 39.7. The van der Waals surface area contributed by atoms with E-state index >= 15 is 0 Å². The van der Waals surface area contributed by atoms with Gasteiger partial charge in [-0.1, -0.05) is 11.6 Å². The zero-order chi connectivity index (χ0) is 12.3. The van der Waals surface area contributed by atoms with E-state index in [1.54, 1.807) is 0 Å². The molecule has 0 atom stereocenters. The standard InChI is InChI=1S/C9H9Cl2FO3S/c1-15-6-4-8(10)7(9(12)5-6)2-3-16(11,13)14/h4-5H,2-3H2,1H3. The molecule has 90 valence electrons. The Balaban J connectivity index is 2.97. The van der Waals surface area contributed by atoms with E-state index in [-0.39, 0.29) is 28.5 Å². The Labute approximate surface area is 103 Å². The molecule has 0 unspecified atom stereocenters. The fraction of sp³-hybridized carbons (Fsp3) is 0.333. The lowest BCUT2D eigenvalue weighted by Crippen LogP contribution is -2.04. The predicted octanol–water partition coefficient (Wildman–Crippen LogP) is 2.60. The van der Waals surface area contributed by atoms with Crippen LogP contribution in [0.1, 0.15) is 5.56 Å². The summed E-state index contributed by atoms with van der Waals surface area (Å²) in [5, 5.41) is 0.122. The van der Waals surface area contributed by atoms with Gasteiger partial charge in [0.25, 0.3) is 0 Å². The van der Waals surface area contributed by atoms with Crippen LogP contribution >= 0.6 is 22.3 Å². The monoisotopic (exact) mass is 286 g/mol. The second kappa shape index (κ2) is 5.21. The molecule has 0 saturated carbocycles. The SMILES string of the molecule is COc1cc(F)c(CCS(=O)(=O)Cl)c(Cl)c1. The zero-order valence-electron chi connectivity index (χ0n) is 8.34. The summed E-state index contributed by atoms with van der Waals surface area (Å²) in [6.07, 6.45) is -0.0690. The van der Waals surface area contributed by atoms with E-state index < -0.39 is 14.9 Å². The minimum Gasteiger partial charge on any atom is -0.497 e. The Bertz CT molecular complexity index is 465. The van der Waals surface area contributed by atoms with Crippen molar-refractivity contribution in [3.05, 3.63) is 28.5 Å². The van der Waals surface area contributed by atoms with Crippen molar-refractivity contribution in [3.8, 4) is 5.75 Å². The summed E-state index contributed by atoms with van der Waals surface area (Å²) in [7, 11) is 2.76. The largest absolute Gasteiger partial charge is 0.497 e. The number of methoxy groups -OCH3 is 1. The molecule has 0 aliphatic carbocycles. The number of halogens is 3. The van der Waals surface area contributed by atoms with Crippen molar-refractivity contribution >= 4 is 31.3 Å². The smallest absolute Gasteiger partial charge is 0.232 e. The van der Waals surface area contributed by atoms with Crippen molar-refractivity contribution in [2.24, 2.45) is 0 Å². The maximum Gasteiger partial charge on any atom is 0.232 e. The minimum absolute atomic E-state index is 0.0690. The Kier molecular flexibility index (Phi) is 4.41. The molecule has 0 spiro atoms. The summed E-state index contributed by atoms with van der Waals surface area (Å²) in [6.45, 7) is 0. The average Bonchev–Trinajstić information content (AvgIpc) is 2.14. The van der Waals surface area contributed by atoms with Crippen LogP contribution in [-0.2, 0) is 15.5 Å². The molecule has 0 aromatic heterocycles. The molecule has 0 N–H and O–H groups in total. The van der Waals surface area contributed by atoms with E-state index in [0.717, 1.165) is 6.07 Å². The van der Waals surface area contributed by atoms with E-state index in [9.17, 15) is 12.8 Å². The molecule has 0 aliphatic heterocycles. The first-order valence-electron chi connectivity index (χ1n) is 4.27. The predicted molar refractivity (Wildman–Crippen MR) is 61.3 cm³/mol. The molecular formula is C9H9Cl2FO3S. The molecule has 16 heavy (non-hydrogen) atoms. The lowest BCUT2D eigenvalue weighted by Gasteiger charge is -2.07. The van der Waals surface area contributed by atoms with Gasteiger partial charge in [-0.15, -0.1) is 0 Å². The number of hydrogen-bond acceptors (Lipinski definition) is 3. The van der Waals surface area contributed by atoms with Crippen LogP contribution in [-0.4, -0.2) is 21.3 Å². The van der Waals surface area contributed by atoms with Gasteiger partial charge in [0.05, 0.1) is 17.9 Å². The fourth-order valence-corrected chi connectivity index (χ4v) is 2.13. The van der Waals surface area contributed by atoms with Crippen LogP contribution in [0.2, 0.25) is 5.02 Å². The van der Waals surface area contributed by atoms with Gasteiger partial charge in [-0.3, -0.25) is 0 Å². The van der Waals surface area contributed by atoms with E-state index in [0.29, 0.717) is 0 Å². The molecule has 1 aromatic rings. The third-order valence-corrected chi connectivity index (χ3v) is 3.44. The van der Waals surface area contributed by atoms with Gasteiger partial charge in [-0.2, -0.15) is 0 Å². The highest BCUT2D eigenvalue weighted by Crippen LogP contribution is 2.26. The number of ether oxygens (including phenoxy) is 1. The third kappa shape index (κ3) is 3.81. The minimum atomic E-state index is -3.66. The normalized spacial score (nSPS) is 11.5. The first kappa shape index (κ1) is 13.5. The first-order chi connectivity index (χ1) is 7.33. The van der Waals surface area contributed by atoms with Crippen LogP contribution < -0.4 is 4.74 Å². The molecule has 0 heterocycles. The second-order valence-corrected chi connectivity index (χ2v) is 6.37. The van der Waals surface area contributed by atoms with Crippen LogP contribution in [0.3, 0.4) is 0 Å². The average molecular weight is 287 g/mol. The van der Waals surface area contributed by atoms with Crippen molar-refractivity contribution in [2.75, 3.05) is 12.9 Å². The van der Waals surface area contributed by atoms with Crippen LogP contribution in [0.15, 0.2) is 12.1 Å². The van der Waals surface area contributed by atoms with Crippen LogP contribution in [0.5, 0.6) is 5.75 Å². The molecule has 1 rings (SSSR count). The van der Waals surface area contributed by atoms with E-state index in [1.807, 2.05) is 0 Å². The van der Waals surface area contributed by atoms with Crippen LogP contribution in [0.4, 0.5) is 4.39 Å². The lowest BCUT2D eigenvalue weighted by atomic mass is 10.1. The van der Waals surface area contributed by atoms with Gasteiger partial charge < -0.3 is 4.74 Å². The highest BCUT2D eigenvalue weighted by atomic mass is 35.7. The van der Waals surface area contributed by atoms with Gasteiger partial charge in [0.15, 0.2) is 0 Å². The highest BCUT2D eigenvalue weighted by Gasteiger charge is 2.13. The van der Waals surface area contributed by atoms with Gasteiger partial charge >= 0.3 is 0 Å². The van der Waals surface area contributed by atoms with Gasteiger partial charge in [0.2, 0.25) is 9.05 Å². The molecule has 0 radical (unpaired) electrons. The maximum atomic E-state index is 13.5. The summed E-state index contributed by atoms with van der Waals surface area (Å²) in [4.78, 5) is 0. The lowest BCUT2D eigenvalue weighted by molar-refractivity contribution is 0.411. The van der Waals surface area contributed by atoms with Gasteiger partial charge in [-0.25, -0.2) is 12.8 Å². The molecule has 7 heteroatoms. The maximum absolute atomic E-state index is 13.5. The van der Waals surface area contributed by atoms with Gasteiger partial charge in [-0.05, 0) is 12.5 Å². The molecule has 3 nitrogen and oxygen atoms in total. The van der Waals surface area contributed by atoms with Gasteiger partial charge in [0, 0.05) is 22.3 Å². The molecular weight excluding hydrogens is 278 g/mol. The quantitative estimate of drug-likeness (QED) is 0.799. The molecule has 0 saturated heterocycles. The Morgan fingerprint density at radius 2 is 2.06 bits per heavy atom. The van der Waals surface area contributed by atoms with Crippen molar-refractivity contribution in [2.45, 2.75) is 6.42 Å². The molecule has 0 aliphatic rings. The second-order valence-electron chi connectivity index (χ2n) is 3.06. The zero-order valence-corrected chi connectivity index (χ0v) is 10.7.